The maximum atomic E-state index is 4.75. The van der Waals surface area contributed by atoms with Crippen molar-refractivity contribution in [3.63, 3.8) is 0 Å². The first kappa shape index (κ1) is 10.0. The second-order valence-electron chi connectivity index (χ2n) is 4.72. The summed E-state index contributed by atoms with van der Waals surface area (Å²) in [6.45, 7) is 4.40. The molecule has 1 aromatic carbocycles. The number of thiazole rings is 1. The summed E-state index contributed by atoms with van der Waals surface area (Å²) in [5, 5.41) is 3.50. The largest absolute Gasteiger partial charge is 0.245 e. The van der Waals surface area contributed by atoms with Crippen molar-refractivity contribution in [2.75, 3.05) is 0 Å². The van der Waals surface area contributed by atoms with E-state index in [-0.39, 0.29) is 0 Å². The molecular formula is C14H15NS. The first-order valence-corrected chi connectivity index (χ1v) is 6.67. The van der Waals surface area contributed by atoms with Crippen LogP contribution in [0.1, 0.15) is 47.5 Å². The Hall–Kier alpha value is -1.15. The highest BCUT2D eigenvalue weighted by molar-refractivity contribution is 7.09. The standard InChI is InChI=1S/C14H15NS/c1-9(2)13-8-16-14(15-13)12-7-10-5-3-4-6-11(10)12/h3-6,8-9,12H,7H2,1-2H3. The van der Waals surface area contributed by atoms with Crippen molar-refractivity contribution in [1.29, 1.82) is 0 Å². The summed E-state index contributed by atoms with van der Waals surface area (Å²) in [6.07, 6.45) is 1.17. The van der Waals surface area contributed by atoms with Gasteiger partial charge in [0.25, 0.3) is 0 Å². The molecule has 0 fully saturated rings. The van der Waals surface area contributed by atoms with Gasteiger partial charge < -0.3 is 0 Å². The van der Waals surface area contributed by atoms with Gasteiger partial charge in [-0.05, 0) is 23.5 Å². The van der Waals surface area contributed by atoms with Crippen molar-refractivity contribution >= 4 is 11.3 Å². The second kappa shape index (κ2) is 3.70. The van der Waals surface area contributed by atoms with Gasteiger partial charge in [-0.15, -0.1) is 11.3 Å². The molecule has 2 heteroatoms. The molecule has 2 aromatic rings. The Balaban J connectivity index is 1.91. The Morgan fingerprint density at radius 2 is 2.12 bits per heavy atom. The summed E-state index contributed by atoms with van der Waals surface area (Å²) in [4.78, 5) is 4.75. The third-order valence-electron chi connectivity index (χ3n) is 3.28. The van der Waals surface area contributed by atoms with Crippen LogP contribution in [0.15, 0.2) is 29.6 Å². The van der Waals surface area contributed by atoms with E-state index in [0.717, 1.165) is 0 Å². The van der Waals surface area contributed by atoms with Crippen LogP contribution in [-0.4, -0.2) is 4.98 Å². The Kier molecular flexibility index (Phi) is 2.32. The monoisotopic (exact) mass is 229 g/mol. The third kappa shape index (κ3) is 1.49. The van der Waals surface area contributed by atoms with Gasteiger partial charge in [0.05, 0.1) is 5.69 Å². The van der Waals surface area contributed by atoms with E-state index in [4.69, 9.17) is 4.98 Å². The summed E-state index contributed by atoms with van der Waals surface area (Å²) >= 11 is 1.81. The van der Waals surface area contributed by atoms with E-state index in [1.807, 2.05) is 11.3 Å². The van der Waals surface area contributed by atoms with Crippen LogP contribution in [0.25, 0.3) is 0 Å². The summed E-state index contributed by atoms with van der Waals surface area (Å²) in [7, 11) is 0. The van der Waals surface area contributed by atoms with Crippen molar-refractivity contribution in [1.82, 2.24) is 4.98 Å². The molecule has 3 rings (SSSR count). The average molecular weight is 229 g/mol. The van der Waals surface area contributed by atoms with Gasteiger partial charge in [0.2, 0.25) is 0 Å². The Bertz CT molecular complexity index is 513. The number of fused-ring (bicyclic) bond motifs is 1. The molecule has 1 aliphatic rings. The van der Waals surface area contributed by atoms with Gasteiger partial charge in [0.15, 0.2) is 0 Å². The van der Waals surface area contributed by atoms with Crippen LogP contribution in [0.3, 0.4) is 0 Å². The zero-order valence-electron chi connectivity index (χ0n) is 9.60. The molecule has 0 aliphatic heterocycles. The van der Waals surface area contributed by atoms with Gasteiger partial charge in [0, 0.05) is 11.3 Å². The lowest BCUT2D eigenvalue weighted by Crippen LogP contribution is -2.17. The smallest absolute Gasteiger partial charge is 0.101 e. The third-order valence-corrected chi connectivity index (χ3v) is 4.26. The quantitative estimate of drug-likeness (QED) is 0.759. The highest BCUT2D eigenvalue weighted by atomic mass is 32.1. The molecule has 0 radical (unpaired) electrons. The topological polar surface area (TPSA) is 12.9 Å². The van der Waals surface area contributed by atoms with Gasteiger partial charge in [-0.25, -0.2) is 4.98 Å². The fraction of sp³-hybridized carbons (Fsp3) is 0.357. The number of rotatable bonds is 2. The minimum absolute atomic E-state index is 0.542. The molecular weight excluding hydrogens is 214 g/mol. The number of benzene rings is 1. The van der Waals surface area contributed by atoms with Crippen molar-refractivity contribution in [3.05, 3.63) is 51.5 Å². The maximum Gasteiger partial charge on any atom is 0.101 e. The normalized spacial score (nSPS) is 18.3. The van der Waals surface area contributed by atoms with Crippen LogP contribution in [-0.2, 0) is 6.42 Å². The van der Waals surface area contributed by atoms with Crippen molar-refractivity contribution in [2.24, 2.45) is 0 Å². The number of hydrogen-bond acceptors (Lipinski definition) is 2. The number of aromatic nitrogens is 1. The minimum atomic E-state index is 0.542. The van der Waals surface area contributed by atoms with E-state index >= 15 is 0 Å². The second-order valence-corrected chi connectivity index (χ2v) is 5.61. The van der Waals surface area contributed by atoms with E-state index in [1.54, 1.807) is 0 Å². The Morgan fingerprint density at radius 3 is 2.81 bits per heavy atom. The SMILES string of the molecule is CC(C)c1csc(C2Cc3ccccc32)n1. The molecule has 0 spiro atoms. The summed E-state index contributed by atoms with van der Waals surface area (Å²) < 4.78 is 0. The molecule has 1 nitrogen and oxygen atoms in total. The highest BCUT2D eigenvalue weighted by Gasteiger charge is 2.29. The molecule has 0 bridgehead atoms. The first-order valence-electron chi connectivity index (χ1n) is 5.79. The molecule has 1 atom stereocenters. The Morgan fingerprint density at radius 1 is 1.31 bits per heavy atom. The number of nitrogens with zero attached hydrogens (tertiary/aromatic N) is 1. The van der Waals surface area contributed by atoms with Crippen molar-refractivity contribution < 1.29 is 0 Å². The molecule has 1 aliphatic carbocycles. The van der Waals surface area contributed by atoms with Gasteiger partial charge >= 0.3 is 0 Å². The van der Waals surface area contributed by atoms with Crippen LogP contribution < -0.4 is 0 Å². The van der Waals surface area contributed by atoms with Gasteiger partial charge in [-0.2, -0.15) is 0 Å². The van der Waals surface area contributed by atoms with E-state index in [0.29, 0.717) is 11.8 Å². The average Bonchev–Trinajstić information content (AvgIpc) is 2.69. The molecule has 1 aromatic heterocycles. The minimum Gasteiger partial charge on any atom is -0.245 e. The van der Waals surface area contributed by atoms with Crippen LogP contribution in [0.2, 0.25) is 0 Å². The fourth-order valence-electron chi connectivity index (χ4n) is 2.21. The van der Waals surface area contributed by atoms with Crippen LogP contribution in [0.4, 0.5) is 0 Å². The predicted octanol–water partition coefficient (Wildman–Crippen LogP) is 3.95. The molecule has 0 saturated carbocycles. The molecule has 82 valence electrons. The summed E-state index contributed by atoms with van der Waals surface area (Å²) in [5.74, 6) is 1.11. The molecule has 16 heavy (non-hydrogen) atoms. The zero-order chi connectivity index (χ0) is 11.1. The van der Waals surface area contributed by atoms with Crippen LogP contribution in [0, 0.1) is 0 Å². The van der Waals surface area contributed by atoms with Crippen molar-refractivity contribution in [3.8, 4) is 0 Å². The van der Waals surface area contributed by atoms with Gasteiger partial charge in [-0.1, -0.05) is 38.1 Å². The first-order chi connectivity index (χ1) is 7.75. The summed E-state index contributed by atoms with van der Waals surface area (Å²) in [6, 6.07) is 8.71. The highest BCUT2D eigenvalue weighted by Crippen LogP contribution is 2.41. The lowest BCUT2D eigenvalue weighted by atomic mass is 9.78. The van der Waals surface area contributed by atoms with E-state index in [2.05, 4.69) is 43.5 Å². The Labute approximate surface area is 100 Å². The van der Waals surface area contributed by atoms with Gasteiger partial charge in [-0.3, -0.25) is 0 Å². The van der Waals surface area contributed by atoms with E-state index < -0.39 is 0 Å². The predicted molar refractivity (Wildman–Crippen MR) is 68.2 cm³/mol. The zero-order valence-corrected chi connectivity index (χ0v) is 10.4. The lowest BCUT2D eigenvalue weighted by molar-refractivity contribution is 0.693. The lowest BCUT2D eigenvalue weighted by Gasteiger charge is -2.28. The number of hydrogen-bond donors (Lipinski definition) is 0. The summed E-state index contributed by atoms with van der Waals surface area (Å²) in [5.41, 5.74) is 4.21. The van der Waals surface area contributed by atoms with Crippen molar-refractivity contribution in [2.45, 2.75) is 32.1 Å². The van der Waals surface area contributed by atoms with Crippen LogP contribution in [0.5, 0.6) is 0 Å². The molecule has 0 N–H and O–H groups in total. The van der Waals surface area contributed by atoms with Gasteiger partial charge in [0.1, 0.15) is 5.01 Å². The van der Waals surface area contributed by atoms with E-state index in [1.165, 1.54) is 28.2 Å². The molecule has 0 amide bonds. The molecule has 1 heterocycles. The maximum absolute atomic E-state index is 4.75. The van der Waals surface area contributed by atoms with E-state index in [9.17, 15) is 0 Å². The molecule has 1 unspecified atom stereocenters. The fourth-order valence-corrected chi connectivity index (χ4v) is 3.30. The van der Waals surface area contributed by atoms with Crippen LogP contribution >= 0.6 is 11.3 Å². The molecule has 0 saturated heterocycles.